The molecule has 7 nitrogen and oxygen atoms in total. The number of aromatic amines is 1. The minimum absolute atomic E-state index is 0. The van der Waals surface area contributed by atoms with Crippen molar-refractivity contribution in [1.82, 2.24) is 25.3 Å². The van der Waals surface area contributed by atoms with Crippen molar-refractivity contribution in [3.63, 3.8) is 0 Å². The maximum absolute atomic E-state index is 12.3. The summed E-state index contributed by atoms with van der Waals surface area (Å²) in [6.45, 7) is 2.48. The predicted octanol–water partition coefficient (Wildman–Crippen LogP) is 3.08. The van der Waals surface area contributed by atoms with Gasteiger partial charge >= 0.3 is 0 Å². The van der Waals surface area contributed by atoms with Crippen LogP contribution >= 0.6 is 0 Å². The number of hydrogen-bond donors (Lipinski definition) is 3. The van der Waals surface area contributed by atoms with Crippen molar-refractivity contribution in [1.29, 1.82) is 0 Å². The van der Waals surface area contributed by atoms with Gasteiger partial charge in [0.1, 0.15) is 17.0 Å². The molecule has 3 N–H and O–H groups in total. The molecule has 0 aromatic carbocycles. The standard InChI is InChI=1S/C17H18F2N6O.2H2/c1-17(2,16(26)23-9-12(18)19)25-13-5-7-21-15(24-13)11-8-22-14-10(11)4-3-6-20-14;;/h3-8,12H,9H2,1-2H3,(H,20,22)(H,23,26)(H,21,24,25);2*1H. The molecule has 9 heteroatoms. The first-order valence-electron chi connectivity index (χ1n) is 7.97. The van der Waals surface area contributed by atoms with E-state index in [1.165, 1.54) is 0 Å². The van der Waals surface area contributed by atoms with Crippen molar-refractivity contribution >= 4 is 22.8 Å². The third-order valence-corrected chi connectivity index (χ3v) is 3.77. The molecule has 0 aliphatic heterocycles. The number of fused-ring (bicyclic) bond motifs is 1. The summed E-state index contributed by atoms with van der Waals surface area (Å²) >= 11 is 0. The van der Waals surface area contributed by atoms with Gasteiger partial charge < -0.3 is 15.6 Å². The van der Waals surface area contributed by atoms with Crippen molar-refractivity contribution in [2.24, 2.45) is 0 Å². The van der Waals surface area contributed by atoms with Crippen LogP contribution in [0.25, 0.3) is 22.4 Å². The van der Waals surface area contributed by atoms with Gasteiger partial charge in [0.25, 0.3) is 6.43 Å². The van der Waals surface area contributed by atoms with Gasteiger partial charge in [0.2, 0.25) is 5.91 Å². The van der Waals surface area contributed by atoms with E-state index >= 15 is 0 Å². The van der Waals surface area contributed by atoms with Gasteiger partial charge in [-0.05, 0) is 32.0 Å². The third-order valence-electron chi connectivity index (χ3n) is 3.77. The second kappa shape index (κ2) is 7.03. The topological polar surface area (TPSA) is 95.6 Å². The van der Waals surface area contributed by atoms with Crippen LogP contribution in [-0.2, 0) is 4.79 Å². The molecular formula is C17H22F2N6O. The highest BCUT2D eigenvalue weighted by molar-refractivity contribution is 5.92. The maximum atomic E-state index is 12.3. The summed E-state index contributed by atoms with van der Waals surface area (Å²) in [5.41, 5.74) is 0.371. The number of H-pyrrole nitrogens is 1. The van der Waals surface area contributed by atoms with Crippen molar-refractivity contribution in [3.8, 4) is 11.4 Å². The van der Waals surface area contributed by atoms with Gasteiger partial charge in [-0.2, -0.15) is 0 Å². The second-order valence-electron chi connectivity index (χ2n) is 6.22. The van der Waals surface area contributed by atoms with Crippen LogP contribution in [0, 0.1) is 0 Å². The number of halogens is 2. The lowest BCUT2D eigenvalue weighted by molar-refractivity contribution is -0.125. The Morgan fingerprint density at radius 3 is 2.88 bits per heavy atom. The summed E-state index contributed by atoms with van der Waals surface area (Å²) in [4.78, 5) is 28.1. The van der Waals surface area contributed by atoms with Crippen LogP contribution in [0.1, 0.15) is 16.7 Å². The monoisotopic (exact) mass is 364 g/mol. The van der Waals surface area contributed by atoms with E-state index in [-0.39, 0.29) is 2.85 Å². The highest BCUT2D eigenvalue weighted by atomic mass is 19.3. The molecule has 140 valence electrons. The Labute approximate surface area is 151 Å². The van der Waals surface area contributed by atoms with Crippen LogP contribution in [0.15, 0.2) is 36.8 Å². The summed E-state index contributed by atoms with van der Waals surface area (Å²) in [7, 11) is 0. The third kappa shape index (κ3) is 3.76. The smallest absolute Gasteiger partial charge is 0.255 e. The molecule has 0 saturated heterocycles. The van der Waals surface area contributed by atoms with Gasteiger partial charge in [-0.15, -0.1) is 0 Å². The number of carbonyl (C=O) groups is 1. The zero-order valence-electron chi connectivity index (χ0n) is 14.3. The zero-order chi connectivity index (χ0) is 18.7. The molecule has 0 aliphatic carbocycles. The fourth-order valence-corrected chi connectivity index (χ4v) is 2.47. The first-order chi connectivity index (χ1) is 12.4. The van der Waals surface area contributed by atoms with Gasteiger partial charge in [-0.1, -0.05) is 0 Å². The minimum Gasteiger partial charge on any atom is -0.356 e. The molecule has 0 saturated carbocycles. The molecule has 3 aromatic rings. The molecule has 3 rings (SSSR count). The first kappa shape index (κ1) is 17.7. The predicted molar refractivity (Wildman–Crippen MR) is 98.1 cm³/mol. The highest BCUT2D eigenvalue weighted by Gasteiger charge is 2.28. The molecule has 3 heterocycles. The number of hydrogen-bond acceptors (Lipinski definition) is 5. The van der Waals surface area contributed by atoms with Crippen LogP contribution in [0.3, 0.4) is 0 Å². The number of pyridine rings is 1. The molecule has 0 atom stereocenters. The van der Waals surface area contributed by atoms with Crippen molar-refractivity contribution in [3.05, 3.63) is 36.8 Å². The van der Waals surface area contributed by atoms with E-state index in [2.05, 4.69) is 30.6 Å². The lowest BCUT2D eigenvalue weighted by Gasteiger charge is -2.25. The Morgan fingerprint density at radius 2 is 2.12 bits per heavy atom. The van der Waals surface area contributed by atoms with E-state index in [0.29, 0.717) is 11.6 Å². The lowest BCUT2D eigenvalue weighted by Crippen LogP contribution is -2.49. The van der Waals surface area contributed by atoms with Crippen molar-refractivity contribution in [2.45, 2.75) is 25.8 Å². The molecule has 1 amide bonds. The Morgan fingerprint density at radius 1 is 1.31 bits per heavy atom. The van der Waals surface area contributed by atoms with Crippen LogP contribution in [0.5, 0.6) is 0 Å². The normalized spacial score (nSPS) is 11.7. The van der Waals surface area contributed by atoms with Crippen LogP contribution in [0.2, 0.25) is 0 Å². The summed E-state index contributed by atoms with van der Waals surface area (Å²) in [5.74, 6) is 0.317. The average Bonchev–Trinajstić information content (AvgIpc) is 3.03. The molecule has 0 fully saturated rings. The zero-order valence-corrected chi connectivity index (χ0v) is 14.3. The Bertz CT molecular complexity index is 935. The Hall–Kier alpha value is -3.10. The van der Waals surface area contributed by atoms with Crippen LogP contribution in [-0.4, -0.2) is 44.4 Å². The minimum atomic E-state index is -2.60. The summed E-state index contributed by atoms with van der Waals surface area (Å²) in [6, 6.07) is 5.33. The fraction of sp³-hybridized carbons (Fsp3) is 0.294. The highest BCUT2D eigenvalue weighted by Crippen LogP contribution is 2.25. The molecule has 0 unspecified atom stereocenters. The van der Waals surface area contributed by atoms with Gasteiger partial charge in [0.05, 0.1) is 6.54 Å². The number of nitrogens with one attached hydrogen (secondary N) is 3. The van der Waals surface area contributed by atoms with E-state index in [4.69, 9.17) is 0 Å². The number of rotatable bonds is 6. The maximum Gasteiger partial charge on any atom is 0.255 e. The van der Waals surface area contributed by atoms with E-state index in [9.17, 15) is 13.6 Å². The number of nitrogens with zero attached hydrogens (tertiary/aromatic N) is 3. The van der Waals surface area contributed by atoms with Crippen molar-refractivity contribution in [2.75, 3.05) is 11.9 Å². The largest absolute Gasteiger partial charge is 0.356 e. The lowest BCUT2D eigenvalue weighted by atomic mass is 10.0. The van der Waals surface area contributed by atoms with E-state index in [1.54, 1.807) is 38.5 Å². The Kier molecular flexibility index (Phi) is 4.79. The number of aromatic nitrogens is 4. The van der Waals surface area contributed by atoms with Crippen LogP contribution in [0.4, 0.5) is 14.6 Å². The Balaban J connectivity index is 0.00000196. The van der Waals surface area contributed by atoms with E-state index in [0.717, 1.165) is 16.6 Å². The number of carbonyl (C=O) groups excluding carboxylic acids is 1. The molecule has 0 aliphatic rings. The number of amides is 1. The summed E-state index contributed by atoms with van der Waals surface area (Å²) in [5, 5.41) is 6.03. The van der Waals surface area contributed by atoms with Crippen LogP contribution < -0.4 is 10.6 Å². The van der Waals surface area contributed by atoms with E-state index < -0.39 is 24.4 Å². The average molecular weight is 364 g/mol. The summed E-state index contributed by atoms with van der Waals surface area (Å²) in [6.07, 6.45) is 2.41. The molecule has 3 aromatic heterocycles. The quantitative estimate of drug-likeness (QED) is 0.625. The molecular weight excluding hydrogens is 342 g/mol. The van der Waals surface area contributed by atoms with Gasteiger partial charge in [0.15, 0.2) is 5.82 Å². The molecule has 0 radical (unpaired) electrons. The van der Waals surface area contributed by atoms with Gasteiger partial charge in [-0.3, -0.25) is 4.79 Å². The van der Waals surface area contributed by atoms with Gasteiger partial charge in [0, 0.05) is 32.4 Å². The van der Waals surface area contributed by atoms with E-state index in [1.807, 2.05) is 12.1 Å². The fourth-order valence-electron chi connectivity index (χ4n) is 2.47. The second-order valence-corrected chi connectivity index (χ2v) is 6.22. The molecule has 26 heavy (non-hydrogen) atoms. The summed E-state index contributed by atoms with van der Waals surface area (Å²) < 4.78 is 24.6. The van der Waals surface area contributed by atoms with Gasteiger partial charge in [-0.25, -0.2) is 23.7 Å². The number of anilines is 1. The SMILES string of the molecule is CC(C)(Nc1ccnc(-c2c[nH]c3ncccc23)n1)C(=O)NCC(F)F.[HH].[HH]. The van der Waals surface area contributed by atoms with Crippen molar-refractivity contribution < 1.29 is 16.4 Å². The molecule has 0 spiro atoms. The first-order valence-corrected chi connectivity index (χ1v) is 7.97. The number of alkyl halides is 2. The molecule has 0 bridgehead atoms.